The van der Waals surface area contributed by atoms with Crippen molar-refractivity contribution < 1.29 is 37.6 Å². The van der Waals surface area contributed by atoms with E-state index in [0.717, 1.165) is 22.4 Å². The van der Waals surface area contributed by atoms with Gasteiger partial charge in [-0.15, -0.1) is 0 Å². The molecule has 3 saturated heterocycles. The lowest BCUT2D eigenvalue weighted by Gasteiger charge is -2.37. The summed E-state index contributed by atoms with van der Waals surface area (Å²) in [5.41, 5.74) is 2.05. The van der Waals surface area contributed by atoms with Crippen LogP contribution < -0.4 is 10.3 Å². The molecule has 4 aliphatic rings. The predicted octanol–water partition coefficient (Wildman–Crippen LogP) is 8.89. The number of rotatable bonds is 12. The average Bonchev–Trinajstić information content (AvgIpc) is 4.02. The number of nitrogens with zero attached hydrogens (tertiary/aromatic N) is 4. The molecule has 336 valence electrons. The van der Waals surface area contributed by atoms with Gasteiger partial charge in [-0.2, -0.15) is 0 Å². The predicted molar refractivity (Wildman–Crippen MR) is 243 cm³/mol. The second-order valence-electron chi connectivity index (χ2n) is 19.7. The summed E-state index contributed by atoms with van der Waals surface area (Å²) >= 11 is 3.69. The maximum Gasteiger partial charge on any atom is 0.281 e. The molecule has 2 aromatic heterocycles. The number of methoxy groups -OCH3 is 1. The van der Waals surface area contributed by atoms with Crippen LogP contribution in [0.25, 0.3) is 11.2 Å². The van der Waals surface area contributed by atoms with Crippen LogP contribution in [0.15, 0.2) is 101 Å². The van der Waals surface area contributed by atoms with Crippen molar-refractivity contribution in [3.63, 3.8) is 0 Å². The topological polar surface area (TPSA) is 127 Å². The first-order valence-electron chi connectivity index (χ1n) is 21.9. The monoisotopic (exact) mass is 942 g/mol. The number of hydrogen-bond donors (Lipinski definition) is 0. The first kappa shape index (κ1) is 44.4. The fourth-order valence-corrected chi connectivity index (χ4v) is 11.2. The minimum absolute atomic E-state index is 0.0286. The second kappa shape index (κ2) is 16.3. The van der Waals surface area contributed by atoms with E-state index in [1.165, 1.54) is 0 Å². The third kappa shape index (κ3) is 7.94. The van der Waals surface area contributed by atoms with Gasteiger partial charge in [0, 0.05) is 12.5 Å². The van der Waals surface area contributed by atoms with Crippen molar-refractivity contribution in [1.82, 2.24) is 19.1 Å². The van der Waals surface area contributed by atoms with Gasteiger partial charge in [0.15, 0.2) is 42.0 Å². The number of benzene rings is 3. The summed E-state index contributed by atoms with van der Waals surface area (Å²) in [6.07, 6.45) is -0.835. The quantitative estimate of drug-likeness (QED) is 0.0677. The summed E-state index contributed by atoms with van der Waals surface area (Å²) in [4.78, 5) is 24.4. The van der Waals surface area contributed by atoms with Gasteiger partial charge in [-0.3, -0.25) is 13.9 Å². The lowest BCUT2D eigenvalue weighted by molar-refractivity contribution is -0.205. The molecule has 13 nitrogen and oxygen atoms in total. The highest BCUT2D eigenvalue weighted by atomic mass is 79.9. The Hall–Kier alpha value is -3.77. The molecule has 0 radical (unpaired) electrons. The highest BCUT2D eigenvalue weighted by Gasteiger charge is 2.58. The van der Waals surface area contributed by atoms with Gasteiger partial charge in [0.1, 0.15) is 42.1 Å². The maximum absolute atomic E-state index is 14.6. The second-order valence-corrected chi connectivity index (χ2v) is 25.2. The van der Waals surface area contributed by atoms with Gasteiger partial charge in [-0.1, -0.05) is 93.6 Å². The molecule has 4 fully saturated rings. The van der Waals surface area contributed by atoms with Crippen LogP contribution in [0.2, 0.25) is 18.1 Å². The van der Waals surface area contributed by atoms with E-state index < -0.39 is 50.0 Å². The molecule has 15 heteroatoms. The largest absolute Gasteiger partial charge is 0.497 e. The summed E-state index contributed by atoms with van der Waals surface area (Å²) in [7, 11) is -0.389. The van der Waals surface area contributed by atoms with Crippen molar-refractivity contribution in [1.29, 1.82) is 0 Å². The third-order valence-electron chi connectivity index (χ3n) is 13.7. The molecule has 0 bridgehead atoms. The number of fused-ring (bicyclic) bond motifs is 3. The zero-order valence-electron chi connectivity index (χ0n) is 37.7. The first-order valence-corrected chi connectivity index (χ1v) is 25.6. The van der Waals surface area contributed by atoms with Gasteiger partial charge < -0.3 is 37.6 Å². The molecule has 8 atom stereocenters. The number of imidazole rings is 1. The molecule has 3 aliphatic heterocycles. The Morgan fingerprint density at radius 2 is 1.37 bits per heavy atom. The Kier molecular flexibility index (Phi) is 11.5. The van der Waals surface area contributed by atoms with Crippen molar-refractivity contribution in [2.45, 2.75) is 133 Å². The van der Waals surface area contributed by atoms with Crippen LogP contribution in [-0.4, -0.2) is 89.8 Å². The molecule has 3 aromatic carbocycles. The smallest absolute Gasteiger partial charge is 0.281 e. The van der Waals surface area contributed by atoms with E-state index in [-0.39, 0.29) is 46.9 Å². The minimum Gasteiger partial charge on any atom is -0.497 e. The fourth-order valence-electron chi connectivity index (χ4n) is 9.57. The molecule has 63 heavy (non-hydrogen) atoms. The van der Waals surface area contributed by atoms with E-state index in [1.54, 1.807) is 22.6 Å². The fraction of sp³-hybridized carbons (Fsp3) is 0.521. The summed E-state index contributed by atoms with van der Waals surface area (Å²) in [5.74, 6) is -0.963. The van der Waals surface area contributed by atoms with Gasteiger partial charge in [0.05, 0.1) is 25.9 Å². The molecular weight excluding hydrogens is 885 g/mol. The highest BCUT2D eigenvalue weighted by molar-refractivity contribution is 9.10. The molecule has 0 spiro atoms. The Morgan fingerprint density at radius 3 is 1.97 bits per heavy atom. The van der Waals surface area contributed by atoms with Crippen LogP contribution in [0.3, 0.4) is 0 Å². The van der Waals surface area contributed by atoms with Crippen LogP contribution in [0.4, 0.5) is 0 Å². The Balaban J connectivity index is 1.04. The van der Waals surface area contributed by atoms with Crippen molar-refractivity contribution in [2.24, 2.45) is 5.92 Å². The minimum atomic E-state index is -2.04. The summed E-state index contributed by atoms with van der Waals surface area (Å²) in [6.45, 7) is 19.5. The van der Waals surface area contributed by atoms with Crippen molar-refractivity contribution in [2.75, 3.05) is 20.3 Å². The number of halogens is 1. The molecule has 9 rings (SSSR count). The normalized spacial score (nSPS) is 27.8. The van der Waals surface area contributed by atoms with Crippen molar-refractivity contribution >= 4 is 35.4 Å². The highest BCUT2D eigenvalue weighted by Crippen LogP contribution is 2.50. The molecular formula is C48H59BrN4O9Si. The summed E-state index contributed by atoms with van der Waals surface area (Å²) < 4.78 is 56.5. The van der Waals surface area contributed by atoms with E-state index in [9.17, 15) is 4.79 Å². The maximum atomic E-state index is 14.6. The number of ether oxygens (including phenoxy) is 7. The number of hydrogen-bond acceptors (Lipinski definition) is 11. The standard InChI is InChI=1S/C48H59BrN4O9Si/c1-45(2,3)63(9,10)57-26-29-25-34(38-37(29)59-46(4,5)60-38)52-28-50-41-36(42(52)54)51-44(49)53(41)43-40-39(61-47(6,7)62-40)35(58-43)27-56-48(30-17-13-11-14-18-30,31-19-15-12-16-20-31)32-21-23-33(55-8)24-22-32/h11-24,28-29,34-35,37-40,43H,25-27H2,1-10H3/t29-,34-,35-,37-,38+,39-,40-,43-/m1/s1. The molecule has 1 saturated carbocycles. The van der Waals surface area contributed by atoms with E-state index in [2.05, 4.69) is 74.1 Å². The van der Waals surface area contributed by atoms with Gasteiger partial charge in [-0.25, -0.2) is 9.97 Å². The lowest BCUT2D eigenvalue weighted by Crippen LogP contribution is -2.43. The summed E-state index contributed by atoms with van der Waals surface area (Å²) in [5, 5.41) is 0.0580. The van der Waals surface area contributed by atoms with Crippen molar-refractivity contribution in [3.05, 3.63) is 123 Å². The van der Waals surface area contributed by atoms with Gasteiger partial charge >= 0.3 is 0 Å². The summed E-state index contributed by atoms with van der Waals surface area (Å²) in [6, 6.07) is 28.0. The SMILES string of the molecule is COc1ccc(C(OC[C@H]2O[C@@H](n3c(Br)nc4c(=O)n([C@@H]5C[C@H](CO[Si](C)(C)C(C)(C)C)[C@H]6OC(C)(C)O[C@H]65)cnc43)[C@@H]3OC(C)(C)O[C@@H]32)(c2ccccc2)c2ccccc2)cc1. The van der Waals surface area contributed by atoms with Gasteiger partial charge in [-0.05, 0) is 97.0 Å². The molecule has 5 aromatic rings. The van der Waals surface area contributed by atoms with Crippen LogP contribution in [0, 0.1) is 5.92 Å². The van der Waals surface area contributed by atoms with Crippen molar-refractivity contribution in [3.8, 4) is 5.75 Å². The molecule has 0 amide bonds. The zero-order valence-corrected chi connectivity index (χ0v) is 40.3. The Labute approximate surface area is 378 Å². The van der Waals surface area contributed by atoms with Crippen LogP contribution in [-0.2, 0) is 38.4 Å². The average molecular weight is 944 g/mol. The first-order chi connectivity index (χ1) is 29.8. The third-order valence-corrected chi connectivity index (χ3v) is 18.7. The lowest BCUT2D eigenvalue weighted by atomic mass is 9.80. The molecule has 1 aliphatic carbocycles. The van der Waals surface area contributed by atoms with E-state index in [1.807, 2.05) is 88.4 Å². The van der Waals surface area contributed by atoms with Gasteiger partial charge in [0.25, 0.3) is 5.56 Å². The van der Waals surface area contributed by atoms with E-state index in [4.69, 9.17) is 47.6 Å². The number of aromatic nitrogens is 4. The van der Waals surface area contributed by atoms with Gasteiger partial charge in [0.2, 0.25) is 0 Å². The van der Waals surface area contributed by atoms with Crippen LogP contribution >= 0.6 is 15.9 Å². The molecule has 5 heterocycles. The Morgan fingerprint density at radius 1 is 0.794 bits per heavy atom. The zero-order chi connectivity index (χ0) is 44.7. The van der Waals surface area contributed by atoms with Crippen LogP contribution in [0.1, 0.15) is 83.8 Å². The Bertz CT molecular complexity index is 2450. The van der Waals surface area contributed by atoms with E-state index in [0.29, 0.717) is 23.4 Å². The molecule has 0 unspecified atom stereocenters. The van der Waals surface area contributed by atoms with Crippen LogP contribution in [0.5, 0.6) is 5.75 Å². The molecule has 0 N–H and O–H groups in total. The van der Waals surface area contributed by atoms with E-state index >= 15 is 0 Å².